The van der Waals surface area contributed by atoms with Gasteiger partial charge in [-0.25, -0.2) is 22.2 Å². The third kappa shape index (κ3) is 7.06. The van der Waals surface area contributed by atoms with Crippen molar-refractivity contribution in [3.8, 4) is 10.4 Å². The maximum absolute atomic E-state index is 14.8. The van der Waals surface area contributed by atoms with E-state index in [4.69, 9.17) is 5.73 Å². The van der Waals surface area contributed by atoms with E-state index in [1.807, 2.05) is 13.8 Å². The summed E-state index contributed by atoms with van der Waals surface area (Å²) >= 11 is 0.912. The Balaban J connectivity index is 1.93. The van der Waals surface area contributed by atoms with E-state index >= 15 is 0 Å². The van der Waals surface area contributed by atoms with Gasteiger partial charge in [-0.15, -0.1) is 11.3 Å². The first-order valence-electron chi connectivity index (χ1n) is 10.9. The molecule has 4 N–H and O–H groups in total. The lowest BCUT2D eigenvalue weighted by Crippen LogP contribution is -2.15. The van der Waals surface area contributed by atoms with Crippen molar-refractivity contribution in [2.75, 3.05) is 11.1 Å². The topological polar surface area (TPSA) is 122 Å². The van der Waals surface area contributed by atoms with E-state index in [9.17, 15) is 27.1 Å². The van der Waals surface area contributed by atoms with Crippen LogP contribution in [-0.4, -0.2) is 36.3 Å². The van der Waals surface area contributed by atoms with Crippen LogP contribution in [0.1, 0.15) is 42.4 Å². The number of hydrogen-bond acceptors (Lipinski definition) is 7. The van der Waals surface area contributed by atoms with E-state index in [-0.39, 0.29) is 50.7 Å². The van der Waals surface area contributed by atoms with Crippen molar-refractivity contribution >= 4 is 37.9 Å². The molecule has 0 aliphatic carbocycles. The van der Waals surface area contributed by atoms with E-state index in [0.717, 1.165) is 23.5 Å². The van der Waals surface area contributed by atoms with Crippen molar-refractivity contribution in [2.45, 2.75) is 39.0 Å². The van der Waals surface area contributed by atoms with Crippen molar-refractivity contribution < 1.29 is 27.1 Å². The van der Waals surface area contributed by atoms with Crippen LogP contribution in [0, 0.1) is 17.6 Å². The predicted octanol–water partition coefficient (Wildman–Crippen LogP) is 4.42. The van der Waals surface area contributed by atoms with Gasteiger partial charge in [-0.2, -0.15) is 0 Å². The van der Waals surface area contributed by atoms with E-state index < -0.39 is 33.5 Å². The molecule has 188 valence electrons. The summed E-state index contributed by atoms with van der Waals surface area (Å²) in [5, 5.41) is 12.6. The number of sulfone groups is 1. The Bertz CT molecular complexity index is 1320. The molecule has 3 rings (SSSR count). The molecule has 1 atom stereocenters. The van der Waals surface area contributed by atoms with E-state index in [0.29, 0.717) is 11.3 Å². The summed E-state index contributed by atoms with van der Waals surface area (Å²) in [6.45, 7) is 5.15. The van der Waals surface area contributed by atoms with Crippen molar-refractivity contribution in [2.24, 2.45) is 11.7 Å². The van der Waals surface area contributed by atoms with Gasteiger partial charge in [-0.1, -0.05) is 19.9 Å². The number of carbonyl (C=O) groups is 1. The SMILES string of the molecule is CC(C)CS(=O)(=O)Cc1cccc(Nc2sc(-c3c(F)cc(CC(C)O)cc3F)cc2C(N)=O)n1. The number of hydrogen-bond donors (Lipinski definition) is 3. The molecule has 0 aliphatic rings. The highest BCUT2D eigenvalue weighted by molar-refractivity contribution is 7.90. The molecule has 0 saturated heterocycles. The fourth-order valence-electron chi connectivity index (χ4n) is 3.65. The van der Waals surface area contributed by atoms with Crippen LogP contribution in [0.5, 0.6) is 0 Å². The number of rotatable bonds is 10. The van der Waals surface area contributed by atoms with Crippen LogP contribution in [0.2, 0.25) is 0 Å². The highest BCUT2D eigenvalue weighted by atomic mass is 32.2. The predicted molar refractivity (Wildman–Crippen MR) is 133 cm³/mol. The van der Waals surface area contributed by atoms with Crippen LogP contribution in [0.4, 0.5) is 19.6 Å². The molecule has 1 aromatic carbocycles. The number of pyridine rings is 1. The van der Waals surface area contributed by atoms with Gasteiger partial charge in [0.2, 0.25) is 0 Å². The molecule has 0 fully saturated rings. The van der Waals surface area contributed by atoms with Gasteiger partial charge < -0.3 is 16.2 Å². The fraction of sp³-hybridized carbons (Fsp3) is 0.333. The summed E-state index contributed by atoms with van der Waals surface area (Å²) in [7, 11) is -3.36. The van der Waals surface area contributed by atoms with Crippen LogP contribution in [0.3, 0.4) is 0 Å². The molecule has 0 bridgehead atoms. The Labute approximate surface area is 206 Å². The molecule has 0 aliphatic heterocycles. The fourth-order valence-corrected chi connectivity index (χ4v) is 6.51. The minimum absolute atomic E-state index is 0.0106. The zero-order valence-electron chi connectivity index (χ0n) is 19.5. The average molecular weight is 524 g/mol. The number of amides is 1. The molecular weight excluding hydrogens is 496 g/mol. The first kappa shape index (κ1) is 26.7. The molecule has 0 saturated carbocycles. The molecule has 2 aromatic heterocycles. The Kier molecular flexibility index (Phi) is 8.24. The summed E-state index contributed by atoms with van der Waals surface area (Å²) in [5.41, 5.74) is 5.80. The van der Waals surface area contributed by atoms with Gasteiger partial charge in [0.25, 0.3) is 5.91 Å². The molecule has 0 radical (unpaired) electrons. The Morgan fingerprint density at radius 1 is 1.17 bits per heavy atom. The molecule has 1 amide bonds. The molecule has 2 heterocycles. The third-order valence-corrected chi connectivity index (χ3v) is 7.86. The summed E-state index contributed by atoms with van der Waals surface area (Å²) in [6.07, 6.45) is -0.672. The third-order valence-electron chi connectivity index (χ3n) is 4.88. The number of benzene rings is 1. The number of primary amides is 1. The molecule has 3 aromatic rings. The van der Waals surface area contributed by atoms with Crippen molar-refractivity contribution in [3.05, 3.63) is 64.9 Å². The summed E-state index contributed by atoms with van der Waals surface area (Å²) in [4.78, 5) is 16.5. The normalized spacial score (nSPS) is 12.7. The van der Waals surface area contributed by atoms with Crippen LogP contribution >= 0.6 is 11.3 Å². The standard InChI is InChI=1S/C24H27F2N3O4S2/c1-13(2)11-35(32,33)12-16-5-4-6-21(28-16)29-24-17(23(27)31)10-20(34-24)22-18(25)8-15(7-14(3)30)9-19(22)26/h4-6,8-10,13-14,30H,7,11-12H2,1-3H3,(H2,27,31)(H,28,29). The maximum atomic E-state index is 14.8. The second-order valence-electron chi connectivity index (χ2n) is 8.79. The van der Waals surface area contributed by atoms with Gasteiger partial charge >= 0.3 is 0 Å². The zero-order chi connectivity index (χ0) is 25.9. The lowest BCUT2D eigenvalue weighted by atomic mass is 10.0. The number of carbonyl (C=O) groups excluding carboxylic acids is 1. The summed E-state index contributed by atoms with van der Waals surface area (Å²) < 4.78 is 54.2. The van der Waals surface area contributed by atoms with Gasteiger partial charge in [0.1, 0.15) is 22.5 Å². The number of nitrogens with two attached hydrogens (primary N) is 1. The van der Waals surface area contributed by atoms with Crippen LogP contribution in [0.15, 0.2) is 36.4 Å². The van der Waals surface area contributed by atoms with Gasteiger partial charge in [-0.3, -0.25) is 4.79 Å². The minimum atomic E-state index is -3.36. The number of aromatic nitrogens is 1. The second kappa shape index (κ2) is 10.8. The largest absolute Gasteiger partial charge is 0.393 e. The molecule has 35 heavy (non-hydrogen) atoms. The Morgan fingerprint density at radius 3 is 2.40 bits per heavy atom. The van der Waals surface area contributed by atoms with Gasteiger partial charge in [0.15, 0.2) is 9.84 Å². The number of nitrogens with zero attached hydrogens (tertiary/aromatic N) is 1. The highest BCUT2D eigenvalue weighted by Crippen LogP contribution is 2.39. The molecule has 1 unspecified atom stereocenters. The van der Waals surface area contributed by atoms with Crippen molar-refractivity contribution in [1.82, 2.24) is 4.98 Å². The quantitative estimate of drug-likeness (QED) is 0.362. The van der Waals surface area contributed by atoms with Crippen molar-refractivity contribution in [1.29, 1.82) is 0 Å². The lowest BCUT2D eigenvalue weighted by Gasteiger charge is -2.09. The van der Waals surface area contributed by atoms with Gasteiger partial charge in [-0.05, 0) is 55.2 Å². The number of anilines is 2. The molecule has 11 heteroatoms. The van der Waals surface area contributed by atoms with Gasteiger partial charge in [0.05, 0.1) is 34.4 Å². The number of halogens is 2. The maximum Gasteiger partial charge on any atom is 0.251 e. The molecule has 7 nitrogen and oxygen atoms in total. The molecule has 0 spiro atoms. The van der Waals surface area contributed by atoms with E-state index in [1.165, 1.54) is 13.0 Å². The summed E-state index contributed by atoms with van der Waals surface area (Å²) in [6, 6.07) is 8.36. The van der Waals surface area contributed by atoms with Crippen LogP contribution < -0.4 is 11.1 Å². The average Bonchev–Trinajstić information content (AvgIpc) is 3.09. The first-order chi connectivity index (χ1) is 16.3. The first-order valence-corrected chi connectivity index (χ1v) is 13.5. The van der Waals surface area contributed by atoms with E-state index in [2.05, 4.69) is 10.3 Å². The number of thiophene rings is 1. The number of aliphatic hydroxyl groups is 1. The lowest BCUT2D eigenvalue weighted by molar-refractivity contribution is 0.100. The van der Waals surface area contributed by atoms with Crippen LogP contribution in [0.25, 0.3) is 10.4 Å². The van der Waals surface area contributed by atoms with Crippen LogP contribution in [-0.2, 0) is 22.0 Å². The van der Waals surface area contributed by atoms with E-state index in [1.54, 1.807) is 18.2 Å². The Hall–Kier alpha value is -2.89. The van der Waals surface area contributed by atoms with Gasteiger partial charge in [0, 0.05) is 4.88 Å². The number of aliphatic hydroxyl groups excluding tert-OH is 1. The smallest absolute Gasteiger partial charge is 0.251 e. The monoisotopic (exact) mass is 523 g/mol. The highest BCUT2D eigenvalue weighted by Gasteiger charge is 2.22. The zero-order valence-corrected chi connectivity index (χ0v) is 21.1. The minimum Gasteiger partial charge on any atom is -0.393 e. The van der Waals surface area contributed by atoms with Crippen molar-refractivity contribution in [3.63, 3.8) is 0 Å². The Morgan fingerprint density at radius 2 is 1.83 bits per heavy atom. The number of nitrogens with one attached hydrogen (secondary N) is 1. The summed E-state index contributed by atoms with van der Waals surface area (Å²) in [5.74, 6) is -2.46. The second-order valence-corrected chi connectivity index (χ2v) is 12.0. The molecular formula is C24H27F2N3O4S2.